The molecule has 33 heavy (non-hydrogen) atoms. The van der Waals surface area contributed by atoms with Gasteiger partial charge < -0.3 is 9.47 Å². The molecule has 1 aromatic heterocycles. The Hall–Kier alpha value is -3.58. The van der Waals surface area contributed by atoms with Crippen LogP contribution in [0.4, 0.5) is 11.4 Å². The molecule has 0 unspecified atom stereocenters. The maximum absolute atomic E-state index is 13.0. The fourth-order valence-corrected chi connectivity index (χ4v) is 5.40. The van der Waals surface area contributed by atoms with E-state index in [2.05, 4.69) is 19.6 Å². The average molecular weight is 495 g/mol. The molecule has 0 atom stereocenters. The van der Waals surface area contributed by atoms with Gasteiger partial charge in [0.15, 0.2) is 5.03 Å². The first-order chi connectivity index (χ1) is 15.6. The SMILES string of the molecule is CCOC(=O)c1cn[nH]c1S(=O)(=O)Nc1ccc(C)c(S(=O)(=O)Nc2ccccc2OC)c1. The lowest BCUT2D eigenvalue weighted by Crippen LogP contribution is -2.19. The Balaban J connectivity index is 1.94. The number of anilines is 2. The first kappa shape index (κ1) is 24.1. The molecule has 13 heteroatoms. The number of carbonyl (C=O) groups is 1. The summed E-state index contributed by atoms with van der Waals surface area (Å²) < 4.78 is 66.5. The van der Waals surface area contributed by atoms with Crippen LogP contribution in [0.5, 0.6) is 5.75 Å². The van der Waals surface area contributed by atoms with Crippen LogP contribution in [0.2, 0.25) is 0 Å². The smallest absolute Gasteiger partial charge is 0.342 e. The predicted octanol–water partition coefficient (Wildman–Crippen LogP) is 2.51. The van der Waals surface area contributed by atoms with Gasteiger partial charge in [-0.15, -0.1) is 0 Å². The van der Waals surface area contributed by atoms with Crippen molar-refractivity contribution in [2.75, 3.05) is 23.2 Å². The summed E-state index contributed by atoms with van der Waals surface area (Å²) in [5.74, 6) is -0.541. The van der Waals surface area contributed by atoms with E-state index >= 15 is 0 Å². The van der Waals surface area contributed by atoms with Gasteiger partial charge in [0.25, 0.3) is 20.0 Å². The Morgan fingerprint density at radius 3 is 2.48 bits per heavy atom. The van der Waals surface area contributed by atoms with Crippen LogP contribution < -0.4 is 14.2 Å². The lowest BCUT2D eigenvalue weighted by molar-refractivity contribution is 0.0522. The van der Waals surface area contributed by atoms with Gasteiger partial charge in [0.1, 0.15) is 11.3 Å². The van der Waals surface area contributed by atoms with Gasteiger partial charge in [-0.2, -0.15) is 13.5 Å². The third-order valence-corrected chi connectivity index (χ3v) is 7.31. The molecular weight excluding hydrogens is 472 g/mol. The number of hydrogen-bond acceptors (Lipinski definition) is 8. The lowest BCUT2D eigenvalue weighted by atomic mass is 10.2. The van der Waals surface area contributed by atoms with Crippen molar-refractivity contribution in [2.24, 2.45) is 0 Å². The van der Waals surface area contributed by atoms with Crippen LogP contribution in [0, 0.1) is 6.92 Å². The number of ether oxygens (including phenoxy) is 2. The van der Waals surface area contributed by atoms with Gasteiger partial charge in [-0.3, -0.25) is 14.5 Å². The molecule has 0 bridgehead atoms. The Labute approximate surface area is 191 Å². The number of H-pyrrole nitrogens is 1. The molecule has 0 amide bonds. The number of sulfonamides is 2. The number of nitrogens with one attached hydrogen (secondary N) is 3. The van der Waals surface area contributed by atoms with Gasteiger partial charge in [-0.05, 0) is 43.7 Å². The van der Waals surface area contributed by atoms with Gasteiger partial charge in [0, 0.05) is 0 Å². The van der Waals surface area contributed by atoms with Crippen LogP contribution in [0.25, 0.3) is 0 Å². The quantitative estimate of drug-likeness (QED) is 0.383. The number of rotatable bonds is 9. The summed E-state index contributed by atoms with van der Waals surface area (Å²) in [5, 5.41) is 5.36. The average Bonchev–Trinajstić information content (AvgIpc) is 3.26. The molecule has 0 spiro atoms. The van der Waals surface area contributed by atoms with E-state index < -0.39 is 31.0 Å². The molecule has 0 saturated heterocycles. The van der Waals surface area contributed by atoms with E-state index in [1.807, 2.05) is 0 Å². The third-order valence-electron chi connectivity index (χ3n) is 4.45. The molecular formula is C20H22N4O7S2. The summed E-state index contributed by atoms with van der Waals surface area (Å²) in [6.07, 6.45) is 1.04. The molecule has 0 aliphatic rings. The van der Waals surface area contributed by atoms with Crippen LogP contribution >= 0.6 is 0 Å². The van der Waals surface area contributed by atoms with E-state index in [4.69, 9.17) is 9.47 Å². The van der Waals surface area contributed by atoms with E-state index in [1.165, 1.54) is 31.4 Å². The highest BCUT2D eigenvalue weighted by Gasteiger charge is 2.27. The highest BCUT2D eigenvalue weighted by atomic mass is 32.2. The van der Waals surface area contributed by atoms with E-state index in [9.17, 15) is 21.6 Å². The molecule has 0 radical (unpaired) electrons. The zero-order valence-corrected chi connectivity index (χ0v) is 19.6. The number of nitrogens with zero attached hydrogens (tertiary/aromatic N) is 1. The molecule has 176 valence electrons. The largest absolute Gasteiger partial charge is 0.495 e. The van der Waals surface area contributed by atoms with Crippen molar-refractivity contribution in [3.63, 3.8) is 0 Å². The highest BCUT2D eigenvalue weighted by molar-refractivity contribution is 7.93. The van der Waals surface area contributed by atoms with Crippen molar-refractivity contribution in [3.05, 3.63) is 59.8 Å². The minimum atomic E-state index is -4.31. The van der Waals surface area contributed by atoms with Gasteiger partial charge in [-0.1, -0.05) is 18.2 Å². The summed E-state index contributed by atoms with van der Waals surface area (Å²) in [6.45, 7) is 3.20. The van der Waals surface area contributed by atoms with Crippen LogP contribution in [-0.4, -0.2) is 46.7 Å². The molecule has 3 N–H and O–H groups in total. The van der Waals surface area contributed by atoms with Crippen molar-refractivity contribution >= 4 is 37.4 Å². The van der Waals surface area contributed by atoms with Crippen LogP contribution in [-0.2, 0) is 24.8 Å². The van der Waals surface area contributed by atoms with Gasteiger partial charge in [0.05, 0.1) is 36.2 Å². The van der Waals surface area contributed by atoms with Crippen LogP contribution in [0.1, 0.15) is 22.8 Å². The molecule has 2 aromatic carbocycles. The Kier molecular flexibility index (Phi) is 6.93. The number of aromatic nitrogens is 2. The Bertz CT molecular complexity index is 1380. The van der Waals surface area contributed by atoms with E-state index in [0.29, 0.717) is 11.3 Å². The molecule has 0 aliphatic heterocycles. The third kappa shape index (κ3) is 5.26. The number of esters is 1. The molecule has 3 aromatic rings. The number of benzene rings is 2. The van der Waals surface area contributed by atoms with Crippen molar-refractivity contribution in [1.29, 1.82) is 0 Å². The Morgan fingerprint density at radius 2 is 1.79 bits per heavy atom. The normalized spacial score (nSPS) is 11.6. The van der Waals surface area contributed by atoms with E-state index in [0.717, 1.165) is 6.20 Å². The summed E-state index contributed by atoms with van der Waals surface area (Å²) in [6, 6.07) is 10.5. The first-order valence-electron chi connectivity index (χ1n) is 9.59. The summed E-state index contributed by atoms with van der Waals surface area (Å²) >= 11 is 0. The van der Waals surface area contributed by atoms with Gasteiger partial charge >= 0.3 is 5.97 Å². The summed E-state index contributed by atoms with van der Waals surface area (Å²) in [4.78, 5) is 11.9. The van der Waals surface area contributed by atoms with Gasteiger partial charge in [0.2, 0.25) is 0 Å². The number of para-hydroxylation sites is 2. The molecule has 11 nitrogen and oxygen atoms in total. The number of carbonyl (C=O) groups excluding carboxylic acids is 1. The second-order valence-corrected chi connectivity index (χ2v) is 9.99. The molecule has 1 heterocycles. The number of hydrogen-bond donors (Lipinski definition) is 3. The first-order valence-corrected chi connectivity index (χ1v) is 12.6. The predicted molar refractivity (Wildman–Crippen MR) is 120 cm³/mol. The standard InChI is InChI=1S/C20H22N4O7S2/c1-4-31-20(25)15-12-21-22-19(15)33(28,29)23-14-10-9-13(2)18(11-14)32(26,27)24-16-7-5-6-8-17(16)30-3/h5-12,23-24H,4H2,1-3H3,(H,21,22). The fraction of sp³-hybridized carbons (Fsp3) is 0.200. The Morgan fingerprint density at radius 1 is 1.06 bits per heavy atom. The lowest BCUT2D eigenvalue weighted by Gasteiger charge is -2.15. The van der Waals surface area contributed by atoms with Crippen molar-refractivity contribution in [2.45, 2.75) is 23.8 Å². The van der Waals surface area contributed by atoms with Crippen molar-refractivity contribution in [3.8, 4) is 5.75 Å². The van der Waals surface area contributed by atoms with Gasteiger partial charge in [-0.25, -0.2) is 13.2 Å². The summed E-state index contributed by atoms with van der Waals surface area (Å²) in [7, 11) is -7.00. The molecule has 0 saturated carbocycles. The van der Waals surface area contributed by atoms with E-state index in [-0.39, 0.29) is 28.4 Å². The number of aryl methyl sites for hydroxylation is 1. The number of aromatic amines is 1. The van der Waals surface area contributed by atoms with E-state index in [1.54, 1.807) is 32.0 Å². The topological polar surface area (TPSA) is 157 Å². The van der Waals surface area contributed by atoms with Crippen molar-refractivity contribution < 1.29 is 31.1 Å². The monoisotopic (exact) mass is 494 g/mol. The minimum absolute atomic E-state index is 0.0367. The fourth-order valence-electron chi connectivity index (χ4n) is 2.92. The zero-order valence-electron chi connectivity index (χ0n) is 17.9. The second-order valence-electron chi connectivity index (χ2n) is 6.72. The van der Waals surface area contributed by atoms with Crippen LogP contribution in [0.15, 0.2) is 58.6 Å². The highest BCUT2D eigenvalue weighted by Crippen LogP contribution is 2.29. The zero-order chi connectivity index (χ0) is 24.2. The molecule has 0 fully saturated rings. The molecule has 3 rings (SSSR count). The molecule has 0 aliphatic carbocycles. The van der Waals surface area contributed by atoms with Crippen LogP contribution in [0.3, 0.4) is 0 Å². The maximum Gasteiger partial charge on any atom is 0.342 e. The summed E-state index contributed by atoms with van der Waals surface area (Å²) in [5.41, 5.74) is 0.295. The van der Waals surface area contributed by atoms with Crippen molar-refractivity contribution in [1.82, 2.24) is 10.2 Å². The maximum atomic E-state index is 13.0. The second kappa shape index (κ2) is 9.50. The number of methoxy groups -OCH3 is 1. The minimum Gasteiger partial charge on any atom is -0.495 e.